The molecular weight excluding hydrogens is 240 g/mol. The zero-order chi connectivity index (χ0) is 13.8. The molecular formula is C15H18N2O2. The first kappa shape index (κ1) is 13.4. The number of hydrogen-bond donors (Lipinski definition) is 2. The lowest BCUT2D eigenvalue weighted by Crippen LogP contribution is -2.22. The fourth-order valence-electron chi connectivity index (χ4n) is 1.93. The van der Waals surface area contributed by atoms with E-state index in [1.807, 2.05) is 31.2 Å². The summed E-state index contributed by atoms with van der Waals surface area (Å²) in [6.07, 6.45) is 0. The third-order valence-corrected chi connectivity index (χ3v) is 3.00. The summed E-state index contributed by atoms with van der Waals surface area (Å²) in [6, 6.07) is 9.62. The molecule has 0 bridgehead atoms. The topological polar surface area (TPSA) is 68.3 Å². The summed E-state index contributed by atoms with van der Waals surface area (Å²) in [4.78, 5) is 12.0. The van der Waals surface area contributed by atoms with E-state index in [-0.39, 0.29) is 5.91 Å². The molecule has 2 rings (SSSR count). The predicted molar refractivity (Wildman–Crippen MR) is 73.7 cm³/mol. The van der Waals surface area contributed by atoms with E-state index in [1.54, 1.807) is 13.0 Å². The van der Waals surface area contributed by atoms with Crippen molar-refractivity contribution < 1.29 is 9.21 Å². The van der Waals surface area contributed by atoms with Crippen LogP contribution in [0.5, 0.6) is 0 Å². The highest BCUT2D eigenvalue weighted by molar-refractivity contribution is 5.95. The molecule has 0 aliphatic rings. The van der Waals surface area contributed by atoms with Gasteiger partial charge in [-0.3, -0.25) is 4.79 Å². The Balaban J connectivity index is 1.98. The minimum atomic E-state index is -0.114. The Hall–Kier alpha value is -2.07. The maximum Gasteiger partial charge on any atom is 0.255 e. The summed E-state index contributed by atoms with van der Waals surface area (Å²) in [5.74, 6) is 1.28. The molecule has 1 amide bonds. The maximum absolute atomic E-state index is 12.0. The summed E-state index contributed by atoms with van der Waals surface area (Å²) >= 11 is 0. The van der Waals surface area contributed by atoms with E-state index < -0.39 is 0 Å². The molecule has 3 N–H and O–H groups in total. The minimum absolute atomic E-state index is 0.114. The molecule has 0 spiro atoms. The lowest BCUT2D eigenvalue weighted by atomic mass is 10.1. The van der Waals surface area contributed by atoms with Crippen LogP contribution in [-0.4, -0.2) is 5.91 Å². The molecule has 0 atom stereocenters. The standard InChI is InChI=1S/C15H18N2O2/c1-10-7-14(11(2)19-10)15(18)17-9-13-5-3-12(8-16)4-6-13/h3-7H,8-9,16H2,1-2H3,(H,17,18). The van der Waals surface area contributed by atoms with Crippen LogP contribution in [0.25, 0.3) is 0 Å². The molecule has 100 valence electrons. The molecule has 19 heavy (non-hydrogen) atoms. The van der Waals surface area contributed by atoms with Crippen LogP contribution >= 0.6 is 0 Å². The number of nitrogens with one attached hydrogen (secondary N) is 1. The van der Waals surface area contributed by atoms with E-state index in [4.69, 9.17) is 10.2 Å². The van der Waals surface area contributed by atoms with E-state index in [0.29, 0.717) is 24.4 Å². The van der Waals surface area contributed by atoms with Crippen molar-refractivity contribution in [2.75, 3.05) is 0 Å². The molecule has 0 saturated carbocycles. The molecule has 1 heterocycles. The normalized spacial score (nSPS) is 10.5. The van der Waals surface area contributed by atoms with Crippen molar-refractivity contribution in [1.29, 1.82) is 0 Å². The number of amides is 1. The molecule has 4 heteroatoms. The second kappa shape index (κ2) is 5.71. The van der Waals surface area contributed by atoms with Crippen LogP contribution in [0.3, 0.4) is 0 Å². The second-order valence-corrected chi connectivity index (χ2v) is 4.53. The highest BCUT2D eigenvalue weighted by atomic mass is 16.3. The molecule has 0 unspecified atom stereocenters. The van der Waals surface area contributed by atoms with Crippen LogP contribution in [0.1, 0.15) is 33.0 Å². The van der Waals surface area contributed by atoms with Crippen molar-refractivity contribution in [3.05, 3.63) is 58.5 Å². The zero-order valence-electron chi connectivity index (χ0n) is 11.2. The van der Waals surface area contributed by atoms with Gasteiger partial charge in [-0.1, -0.05) is 24.3 Å². The second-order valence-electron chi connectivity index (χ2n) is 4.53. The van der Waals surface area contributed by atoms with Crippen LogP contribution < -0.4 is 11.1 Å². The molecule has 0 fully saturated rings. The Morgan fingerprint density at radius 2 is 1.84 bits per heavy atom. The fourth-order valence-corrected chi connectivity index (χ4v) is 1.93. The van der Waals surface area contributed by atoms with E-state index in [0.717, 1.165) is 16.9 Å². The first-order valence-electron chi connectivity index (χ1n) is 6.23. The first-order chi connectivity index (χ1) is 9.10. The SMILES string of the molecule is Cc1cc(C(=O)NCc2ccc(CN)cc2)c(C)o1. The van der Waals surface area contributed by atoms with E-state index in [9.17, 15) is 4.79 Å². The van der Waals surface area contributed by atoms with Crippen molar-refractivity contribution in [3.8, 4) is 0 Å². The van der Waals surface area contributed by atoms with Gasteiger partial charge in [0, 0.05) is 13.1 Å². The molecule has 0 aliphatic carbocycles. The van der Waals surface area contributed by atoms with Gasteiger partial charge in [-0.2, -0.15) is 0 Å². The van der Waals surface area contributed by atoms with Crippen LogP contribution in [0, 0.1) is 13.8 Å². The summed E-state index contributed by atoms with van der Waals surface area (Å²) < 4.78 is 5.34. The van der Waals surface area contributed by atoms with Gasteiger partial charge in [0.1, 0.15) is 11.5 Å². The summed E-state index contributed by atoms with van der Waals surface area (Å²) in [6.45, 7) is 4.64. The average Bonchev–Trinajstić information content (AvgIpc) is 2.75. The number of furan rings is 1. The van der Waals surface area contributed by atoms with Gasteiger partial charge in [-0.25, -0.2) is 0 Å². The van der Waals surface area contributed by atoms with Gasteiger partial charge in [0.25, 0.3) is 5.91 Å². The molecule has 1 aromatic carbocycles. The van der Waals surface area contributed by atoms with Gasteiger partial charge in [0.15, 0.2) is 0 Å². The number of nitrogens with two attached hydrogens (primary N) is 1. The first-order valence-corrected chi connectivity index (χ1v) is 6.23. The van der Waals surface area contributed by atoms with E-state index >= 15 is 0 Å². The third-order valence-electron chi connectivity index (χ3n) is 3.00. The van der Waals surface area contributed by atoms with Gasteiger partial charge in [-0.15, -0.1) is 0 Å². The van der Waals surface area contributed by atoms with Crippen LogP contribution in [-0.2, 0) is 13.1 Å². The van der Waals surface area contributed by atoms with Crippen molar-refractivity contribution in [1.82, 2.24) is 5.32 Å². The quantitative estimate of drug-likeness (QED) is 0.884. The Labute approximate surface area is 112 Å². The molecule has 4 nitrogen and oxygen atoms in total. The van der Waals surface area contributed by atoms with Crippen LogP contribution in [0.4, 0.5) is 0 Å². The summed E-state index contributed by atoms with van der Waals surface area (Å²) in [5, 5.41) is 2.88. The Kier molecular flexibility index (Phi) is 4.02. The number of carbonyl (C=O) groups is 1. The Morgan fingerprint density at radius 1 is 1.21 bits per heavy atom. The van der Waals surface area contributed by atoms with Crippen molar-refractivity contribution in [2.45, 2.75) is 26.9 Å². The molecule has 0 saturated heterocycles. The third kappa shape index (κ3) is 3.23. The number of aryl methyl sites for hydroxylation is 2. The lowest BCUT2D eigenvalue weighted by molar-refractivity contribution is 0.0949. The highest BCUT2D eigenvalue weighted by Crippen LogP contribution is 2.13. The molecule has 0 aliphatic heterocycles. The van der Waals surface area contributed by atoms with Gasteiger partial charge >= 0.3 is 0 Å². The van der Waals surface area contributed by atoms with E-state index in [2.05, 4.69) is 5.32 Å². The van der Waals surface area contributed by atoms with Crippen molar-refractivity contribution in [3.63, 3.8) is 0 Å². The number of hydrogen-bond acceptors (Lipinski definition) is 3. The zero-order valence-corrected chi connectivity index (χ0v) is 11.2. The Morgan fingerprint density at radius 3 is 2.37 bits per heavy atom. The summed E-state index contributed by atoms with van der Waals surface area (Å²) in [7, 11) is 0. The Bertz CT molecular complexity index is 570. The van der Waals surface area contributed by atoms with Crippen LogP contribution in [0.2, 0.25) is 0 Å². The molecule has 0 radical (unpaired) electrons. The van der Waals surface area contributed by atoms with E-state index in [1.165, 1.54) is 0 Å². The van der Waals surface area contributed by atoms with Gasteiger partial charge in [0.2, 0.25) is 0 Å². The molecule has 1 aromatic heterocycles. The van der Waals surface area contributed by atoms with Crippen molar-refractivity contribution in [2.24, 2.45) is 5.73 Å². The highest BCUT2D eigenvalue weighted by Gasteiger charge is 2.12. The fraction of sp³-hybridized carbons (Fsp3) is 0.267. The van der Waals surface area contributed by atoms with Gasteiger partial charge < -0.3 is 15.5 Å². The average molecular weight is 258 g/mol. The van der Waals surface area contributed by atoms with Gasteiger partial charge in [-0.05, 0) is 31.0 Å². The molecule has 2 aromatic rings. The monoisotopic (exact) mass is 258 g/mol. The predicted octanol–water partition coefficient (Wildman–Crippen LogP) is 2.29. The lowest BCUT2D eigenvalue weighted by Gasteiger charge is -2.05. The minimum Gasteiger partial charge on any atom is -0.466 e. The number of carbonyl (C=O) groups excluding carboxylic acids is 1. The maximum atomic E-state index is 12.0. The van der Waals surface area contributed by atoms with Crippen LogP contribution in [0.15, 0.2) is 34.7 Å². The summed E-state index contributed by atoms with van der Waals surface area (Å²) in [5.41, 5.74) is 8.26. The smallest absolute Gasteiger partial charge is 0.255 e. The largest absolute Gasteiger partial charge is 0.466 e. The van der Waals surface area contributed by atoms with Gasteiger partial charge in [0.05, 0.1) is 5.56 Å². The van der Waals surface area contributed by atoms with Crippen molar-refractivity contribution >= 4 is 5.91 Å². The number of rotatable bonds is 4. The number of benzene rings is 1.